The minimum atomic E-state index is -0.585. The lowest BCUT2D eigenvalue weighted by molar-refractivity contribution is -0.151. The van der Waals surface area contributed by atoms with Crippen molar-refractivity contribution >= 4 is 51.0 Å². The number of rotatable bonds is 6. The van der Waals surface area contributed by atoms with Gasteiger partial charge in [0.05, 0.1) is 22.7 Å². The number of esters is 1. The Morgan fingerprint density at radius 3 is 2.69 bits per heavy atom. The zero-order valence-corrected chi connectivity index (χ0v) is 18.1. The lowest BCUT2D eigenvalue weighted by Gasteiger charge is -2.25. The normalized spacial score (nSPS) is 17.1. The third-order valence-electron chi connectivity index (χ3n) is 4.79. The number of nitrogens with zero attached hydrogens (tertiary/aromatic N) is 1. The van der Waals surface area contributed by atoms with E-state index in [1.807, 2.05) is 37.3 Å². The van der Waals surface area contributed by atoms with E-state index in [0.29, 0.717) is 10.7 Å². The monoisotopic (exact) mass is 478 g/mol. The first-order valence-corrected chi connectivity index (χ1v) is 10.3. The number of hydrogen-bond donors (Lipinski definition) is 1. The minimum Gasteiger partial charge on any atom is -0.455 e. The van der Waals surface area contributed by atoms with E-state index in [0.717, 1.165) is 10.0 Å². The summed E-state index contributed by atoms with van der Waals surface area (Å²) in [5.41, 5.74) is 1.43. The summed E-state index contributed by atoms with van der Waals surface area (Å²) in [4.78, 5) is 38.4. The fourth-order valence-corrected chi connectivity index (χ4v) is 3.93. The summed E-state index contributed by atoms with van der Waals surface area (Å²) < 4.78 is 5.91. The Balaban J connectivity index is 1.52. The van der Waals surface area contributed by atoms with Crippen LogP contribution in [-0.2, 0) is 19.1 Å². The van der Waals surface area contributed by atoms with E-state index in [-0.39, 0.29) is 24.9 Å². The first-order chi connectivity index (χ1) is 13.8. The Kier molecular flexibility index (Phi) is 6.92. The van der Waals surface area contributed by atoms with Gasteiger partial charge in [-0.2, -0.15) is 0 Å². The molecule has 2 aromatic carbocycles. The standard InChI is InChI=1S/C21H20BrClN2O4/c1-13(14-5-3-2-4-6-14)25-11-15(9-20(25)27)21(28)29-12-19(26)24-18-8-7-16(22)10-17(18)23/h2-8,10,13,15H,9,11-12H2,1H3,(H,24,26)/t13-,15+/m1/s1. The van der Waals surface area contributed by atoms with Gasteiger partial charge < -0.3 is 15.0 Å². The van der Waals surface area contributed by atoms with E-state index in [1.165, 1.54) is 0 Å². The topological polar surface area (TPSA) is 75.7 Å². The number of benzene rings is 2. The molecule has 2 aromatic rings. The zero-order valence-electron chi connectivity index (χ0n) is 15.7. The second-order valence-corrected chi connectivity index (χ2v) is 8.14. The van der Waals surface area contributed by atoms with Gasteiger partial charge in [0, 0.05) is 17.4 Å². The average molecular weight is 480 g/mol. The van der Waals surface area contributed by atoms with Crippen LogP contribution in [0.4, 0.5) is 5.69 Å². The molecule has 1 aliphatic heterocycles. The largest absolute Gasteiger partial charge is 0.455 e. The summed E-state index contributed by atoms with van der Waals surface area (Å²) >= 11 is 9.34. The van der Waals surface area contributed by atoms with Gasteiger partial charge in [-0.25, -0.2) is 0 Å². The molecule has 1 aliphatic rings. The summed E-state index contributed by atoms with van der Waals surface area (Å²) in [5.74, 6) is -1.74. The van der Waals surface area contributed by atoms with Gasteiger partial charge in [-0.15, -0.1) is 0 Å². The van der Waals surface area contributed by atoms with Crippen LogP contribution in [0.5, 0.6) is 0 Å². The predicted octanol–water partition coefficient (Wildman–Crippen LogP) is 4.19. The van der Waals surface area contributed by atoms with E-state index < -0.39 is 24.4 Å². The van der Waals surface area contributed by atoms with Crippen LogP contribution < -0.4 is 5.32 Å². The van der Waals surface area contributed by atoms with Crippen LogP contribution in [0, 0.1) is 5.92 Å². The predicted molar refractivity (Wildman–Crippen MR) is 113 cm³/mol. The van der Waals surface area contributed by atoms with Gasteiger partial charge in [-0.05, 0) is 30.7 Å². The summed E-state index contributed by atoms with van der Waals surface area (Å²) in [6.07, 6.45) is 0.0795. The van der Waals surface area contributed by atoms with Crippen molar-refractivity contribution < 1.29 is 19.1 Å². The average Bonchev–Trinajstić information content (AvgIpc) is 3.10. The molecule has 0 unspecified atom stereocenters. The van der Waals surface area contributed by atoms with Gasteiger partial charge in [0.1, 0.15) is 0 Å². The summed E-state index contributed by atoms with van der Waals surface area (Å²) in [6, 6.07) is 14.5. The highest BCUT2D eigenvalue weighted by Crippen LogP contribution is 2.29. The fourth-order valence-electron chi connectivity index (χ4n) is 3.21. The van der Waals surface area contributed by atoms with Crippen LogP contribution in [0.1, 0.15) is 24.9 Å². The molecule has 0 spiro atoms. The molecule has 0 saturated carbocycles. The van der Waals surface area contributed by atoms with Crippen molar-refractivity contribution in [2.75, 3.05) is 18.5 Å². The molecule has 1 fully saturated rings. The molecule has 2 amide bonds. The summed E-state index contributed by atoms with van der Waals surface area (Å²) in [6.45, 7) is 1.76. The third kappa shape index (κ3) is 5.36. The molecule has 1 heterocycles. The van der Waals surface area contributed by atoms with Crippen LogP contribution in [0.25, 0.3) is 0 Å². The molecule has 0 radical (unpaired) electrons. The first-order valence-electron chi connectivity index (χ1n) is 9.11. The molecule has 1 N–H and O–H groups in total. The number of halogens is 2. The number of carbonyl (C=O) groups is 3. The number of amides is 2. The van der Waals surface area contributed by atoms with Crippen LogP contribution in [0.3, 0.4) is 0 Å². The Hall–Kier alpha value is -2.38. The van der Waals surface area contributed by atoms with Gasteiger partial charge in [0.2, 0.25) is 5.91 Å². The lowest BCUT2D eigenvalue weighted by Crippen LogP contribution is -2.30. The van der Waals surface area contributed by atoms with Crippen molar-refractivity contribution in [3.63, 3.8) is 0 Å². The van der Waals surface area contributed by atoms with Crippen molar-refractivity contribution in [1.82, 2.24) is 4.90 Å². The van der Waals surface area contributed by atoms with Crippen molar-refractivity contribution in [2.45, 2.75) is 19.4 Å². The number of carbonyl (C=O) groups excluding carboxylic acids is 3. The van der Waals surface area contributed by atoms with E-state index >= 15 is 0 Å². The number of anilines is 1. The van der Waals surface area contributed by atoms with E-state index in [2.05, 4.69) is 21.2 Å². The molecule has 2 atom stereocenters. The Morgan fingerprint density at radius 1 is 1.28 bits per heavy atom. The Morgan fingerprint density at radius 2 is 2.00 bits per heavy atom. The van der Waals surface area contributed by atoms with E-state index in [1.54, 1.807) is 23.1 Å². The van der Waals surface area contributed by atoms with Crippen molar-refractivity contribution in [3.05, 3.63) is 63.6 Å². The molecule has 0 aromatic heterocycles. The van der Waals surface area contributed by atoms with Crippen LogP contribution in [0.2, 0.25) is 5.02 Å². The maximum atomic E-state index is 12.4. The molecule has 6 nitrogen and oxygen atoms in total. The molecular weight excluding hydrogens is 460 g/mol. The molecule has 3 rings (SSSR count). The lowest BCUT2D eigenvalue weighted by atomic mass is 10.1. The van der Waals surface area contributed by atoms with Crippen molar-refractivity contribution in [3.8, 4) is 0 Å². The van der Waals surface area contributed by atoms with E-state index in [9.17, 15) is 14.4 Å². The highest BCUT2D eigenvalue weighted by Gasteiger charge is 2.38. The Labute approximate surface area is 182 Å². The zero-order chi connectivity index (χ0) is 21.0. The Bertz CT molecular complexity index is 922. The quantitative estimate of drug-likeness (QED) is 0.630. The molecule has 1 saturated heterocycles. The number of nitrogens with one attached hydrogen (secondary N) is 1. The van der Waals surface area contributed by atoms with Crippen LogP contribution >= 0.6 is 27.5 Å². The molecule has 152 valence electrons. The molecular formula is C21H20BrClN2O4. The highest BCUT2D eigenvalue weighted by atomic mass is 79.9. The second-order valence-electron chi connectivity index (χ2n) is 6.81. The fraction of sp³-hybridized carbons (Fsp3) is 0.286. The number of ether oxygens (including phenoxy) is 1. The second kappa shape index (κ2) is 9.41. The molecule has 0 bridgehead atoms. The van der Waals surface area contributed by atoms with Gasteiger partial charge in [0.15, 0.2) is 6.61 Å². The van der Waals surface area contributed by atoms with Crippen LogP contribution in [0.15, 0.2) is 53.0 Å². The van der Waals surface area contributed by atoms with Gasteiger partial charge in [-0.1, -0.05) is 57.9 Å². The van der Waals surface area contributed by atoms with Gasteiger partial charge >= 0.3 is 5.97 Å². The van der Waals surface area contributed by atoms with Gasteiger partial charge in [-0.3, -0.25) is 14.4 Å². The highest BCUT2D eigenvalue weighted by molar-refractivity contribution is 9.10. The van der Waals surface area contributed by atoms with Crippen molar-refractivity contribution in [1.29, 1.82) is 0 Å². The van der Waals surface area contributed by atoms with E-state index in [4.69, 9.17) is 16.3 Å². The third-order valence-corrected chi connectivity index (χ3v) is 5.60. The molecule has 29 heavy (non-hydrogen) atoms. The minimum absolute atomic E-state index is 0.0795. The first kappa shape index (κ1) is 21.3. The molecule has 0 aliphatic carbocycles. The maximum Gasteiger partial charge on any atom is 0.311 e. The SMILES string of the molecule is C[C@H](c1ccccc1)N1C[C@@H](C(=O)OCC(=O)Nc2ccc(Br)cc2Cl)CC1=O. The smallest absolute Gasteiger partial charge is 0.311 e. The molecule has 8 heteroatoms. The van der Waals surface area contributed by atoms with Crippen LogP contribution in [-0.4, -0.2) is 35.8 Å². The number of hydrogen-bond acceptors (Lipinski definition) is 4. The summed E-state index contributed by atoms with van der Waals surface area (Å²) in [7, 11) is 0. The van der Waals surface area contributed by atoms with Crippen molar-refractivity contribution in [2.24, 2.45) is 5.92 Å². The maximum absolute atomic E-state index is 12.4. The summed E-state index contributed by atoms with van der Waals surface area (Å²) in [5, 5.41) is 2.96. The number of likely N-dealkylation sites (tertiary alicyclic amines) is 1. The van der Waals surface area contributed by atoms with Gasteiger partial charge in [0.25, 0.3) is 5.91 Å².